The van der Waals surface area contributed by atoms with Gasteiger partial charge in [0.1, 0.15) is 0 Å². The lowest BCUT2D eigenvalue weighted by molar-refractivity contribution is -0.157. The van der Waals surface area contributed by atoms with Crippen molar-refractivity contribution in [3.05, 3.63) is 11.9 Å². The minimum absolute atomic E-state index is 0.114. The van der Waals surface area contributed by atoms with Crippen LogP contribution in [0, 0.1) is 34.5 Å². The SMILES string of the molecule is C[C@]12CC[C@H]3[C@@H](CC[C@H]4C[C@@H](O)C[C@H](n5cc(C6CCCC6)nn5)[C@@]43C)[C@@H]1CC[C@@H]2O. The van der Waals surface area contributed by atoms with E-state index in [1.807, 2.05) is 0 Å². The van der Waals surface area contributed by atoms with Crippen molar-refractivity contribution in [2.45, 2.75) is 115 Å². The van der Waals surface area contributed by atoms with E-state index in [-0.39, 0.29) is 29.1 Å². The third-order valence-electron chi connectivity index (χ3n) is 11.3. The average molecular weight is 428 g/mol. The van der Waals surface area contributed by atoms with Crippen molar-refractivity contribution in [3.63, 3.8) is 0 Å². The predicted octanol–water partition coefficient (Wildman–Crippen LogP) is 4.85. The molecule has 5 nitrogen and oxygen atoms in total. The summed E-state index contributed by atoms with van der Waals surface area (Å²) >= 11 is 0. The van der Waals surface area contributed by atoms with Gasteiger partial charge in [0.2, 0.25) is 0 Å². The molecule has 6 rings (SSSR count). The molecule has 0 radical (unpaired) electrons. The monoisotopic (exact) mass is 427 g/mol. The molecular formula is C26H41N3O2. The molecule has 1 aromatic heterocycles. The van der Waals surface area contributed by atoms with Gasteiger partial charge in [-0.15, -0.1) is 5.10 Å². The fourth-order valence-corrected chi connectivity index (χ4v) is 9.51. The largest absolute Gasteiger partial charge is 0.393 e. The molecule has 5 aliphatic carbocycles. The Balaban J connectivity index is 1.35. The standard InChI is InChI=1S/C26H41N3O2/c1-25-12-11-21-19(20(25)9-10-24(25)31)8-7-17-13-18(30)14-23(26(17,21)2)29-15-22(27-28-29)16-5-3-4-6-16/h15-21,23-24,30-31H,3-14H2,1-2H3/t17-,18+,19-,20-,21-,23-,24-,25-,26-/m0/s1. The van der Waals surface area contributed by atoms with Gasteiger partial charge < -0.3 is 10.2 Å². The maximum atomic E-state index is 10.8. The highest BCUT2D eigenvalue weighted by molar-refractivity contribution is 5.13. The van der Waals surface area contributed by atoms with Crippen molar-refractivity contribution >= 4 is 0 Å². The Hall–Kier alpha value is -0.940. The number of fused-ring (bicyclic) bond motifs is 5. The minimum atomic E-state index is -0.221. The zero-order valence-corrected chi connectivity index (χ0v) is 19.4. The van der Waals surface area contributed by atoms with E-state index >= 15 is 0 Å². The van der Waals surface area contributed by atoms with E-state index in [0.717, 1.165) is 25.7 Å². The zero-order valence-electron chi connectivity index (χ0n) is 19.4. The van der Waals surface area contributed by atoms with Crippen LogP contribution in [0.2, 0.25) is 0 Å². The Bertz CT molecular complexity index is 819. The molecule has 5 aliphatic rings. The summed E-state index contributed by atoms with van der Waals surface area (Å²) in [4.78, 5) is 0. The third-order valence-corrected chi connectivity index (χ3v) is 11.3. The number of aliphatic hydroxyl groups excluding tert-OH is 2. The predicted molar refractivity (Wildman–Crippen MR) is 119 cm³/mol. The molecule has 1 aromatic rings. The van der Waals surface area contributed by atoms with Gasteiger partial charge in [0, 0.05) is 12.1 Å². The van der Waals surface area contributed by atoms with Crippen LogP contribution >= 0.6 is 0 Å². The Morgan fingerprint density at radius 3 is 2.55 bits per heavy atom. The van der Waals surface area contributed by atoms with Gasteiger partial charge >= 0.3 is 0 Å². The third kappa shape index (κ3) is 2.94. The molecule has 2 N–H and O–H groups in total. The van der Waals surface area contributed by atoms with E-state index < -0.39 is 0 Å². The molecular weight excluding hydrogens is 386 g/mol. The number of rotatable bonds is 2. The van der Waals surface area contributed by atoms with E-state index in [2.05, 4.69) is 29.8 Å². The smallest absolute Gasteiger partial charge is 0.0858 e. The number of hydrogen-bond acceptors (Lipinski definition) is 4. The molecule has 0 bridgehead atoms. The number of nitrogens with zero attached hydrogens (tertiary/aromatic N) is 3. The van der Waals surface area contributed by atoms with E-state index in [9.17, 15) is 10.2 Å². The van der Waals surface area contributed by atoms with Crippen LogP contribution in [0.15, 0.2) is 6.20 Å². The number of aliphatic hydroxyl groups is 2. The fraction of sp³-hybridized carbons (Fsp3) is 0.923. The molecule has 0 aliphatic heterocycles. The minimum Gasteiger partial charge on any atom is -0.393 e. The summed E-state index contributed by atoms with van der Waals surface area (Å²) < 4.78 is 2.18. The maximum Gasteiger partial charge on any atom is 0.0858 e. The van der Waals surface area contributed by atoms with E-state index in [1.165, 1.54) is 57.1 Å². The van der Waals surface area contributed by atoms with E-state index in [4.69, 9.17) is 5.21 Å². The highest BCUT2D eigenvalue weighted by Gasteiger charge is 2.62. The summed E-state index contributed by atoms with van der Waals surface area (Å²) in [5.74, 6) is 3.20. The molecule has 0 saturated heterocycles. The van der Waals surface area contributed by atoms with Crippen molar-refractivity contribution in [2.75, 3.05) is 0 Å². The normalized spacial score (nSPS) is 50.1. The van der Waals surface area contributed by atoms with Crippen LogP contribution in [-0.4, -0.2) is 37.4 Å². The maximum absolute atomic E-state index is 10.8. The van der Waals surface area contributed by atoms with E-state index in [0.29, 0.717) is 29.6 Å². The first-order valence-corrected chi connectivity index (χ1v) is 13.2. The summed E-state index contributed by atoms with van der Waals surface area (Å²) in [5.41, 5.74) is 1.47. The van der Waals surface area contributed by atoms with Crippen LogP contribution in [0.3, 0.4) is 0 Å². The Morgan fingerprint density at radius 1 is 0.935 bits per heavy atom. The van der Waals surface area contributed by atoms with Crippen molar-refractivity contribution in [2.24, 2.45) is 34.5 Å². The summed E-state index contributed by atoms with van der Waals surface area (Å²) in [7, 11) is 0. The van der Waals surface area contributed by atoms with Gasteiger partial charge in [-0.2, -0.15) is 0 Å². The molecule has 0 spiro atoms. The molecule has 0 amide bonds. The molecule has 172 valence electrons. The average Bonchev–Trinajstić information content (AvgIpc) is 3.49. The summed E-state index contributed by atoms with van der Waals surface area (Å²) in [6.45, 7) is 4.91. The Morgan fingerprint density at radius 2 is 1.74 bits per heavy atom. The van der Waals surface area contributed by atoms with Crippen LogP contribution in [0.5, 0.6) is 0 Å². The topological polar surface area (TPSA) is 71.2 Å². The van der Waals surface area contributed by atoms with Gasteiger partial charge in [-0.25, -0.2) is 4.68 Å². The first-order chi connectivity index (χ1) is 14.9. The second-order valence-corrected chi connectivity index (χ2v) is 12.4. The van der Waals surface area contributed by atoms with Crippen molar-refractivity contribution in [3.8, 4) is 0 Å². The molecule has 0 aromatic carbocycles. The number of aromatic nitrogens is 3. The van der Waals surface area contributed by atoms with Crippen molar-refractivity contribution < 1.29 is 10.2 Å². The lowest BCUT2D eigenvalue weighted by Gasteiger charge is -2.62. The first kappa shape index (κ1) is 20.7. The Labute approximate surface area is 187 Å². The van der Waals surface area contributed by atoms with Gasteiger partial charge in [0.15, 0.2) is 0 Å². The van der Waals surface area contributed by atoms with Crippen molar-refractivity contribution in [1.82, 2.24) is 15.0 Å². The molecule has 5 heteroatoms. The van der Waals surface area contributed by atoms with Gasteiger partial charge in [-0.3, -0.25) is 0 Å². The van der Waals surface area contributed by atoms with Crippen LogP contribution < -0.4 is 0 Å². The van der Waals surface area contributed by atoms with Gasteiger partial charge in [-0.05, 0) is 98.7 Å². The summed E-state index contributed by atoms with van der Waals surface area (Å²) in [6.07, 6.45) is 15.9. The second-order valence-electron chi connectivity index (χ2n) is 12.4. The second kappa shape index (κ2) is 7.28. The lowest BCUT2D eigenvalue weighted by atomic mass is 9.44. The quantitative estimate of drug-likeness (QED) is 0.708. The van der Waals surface area contributed by atoms with Crippen molar-refractivity contribution in [1.29, 1.82) is 0 Å². The molecule has 9 atom stereocenters. The van der Waals surface area contributed by atoms with Crippen LogP contribution in [0.4, 0.5) is 0 Å². The lowest BCUT2D eigenvalue weighted by Crippen LogP contribution is -2.58. The highest BCUT2D eigenvalue weighted by Crippen LogP contribution is 2.68. The van der Waals surface area contributed by atoms with Crippen LogP contribution in [-0.2, 0) is 0 Å². The molecule has 5 fully saturated rings. The van der Waals surface area contributed by atoms with Gasteiger partial charge in [0.25, 0.3) is 0 Å². The van der Waals surface area contributed by atoms with Gasteiger partial charge in [-0.1, -0.05) is 31.9 Å². The van der Waals surface area contributed by atoms with Gasteiger partial charge in [0.05, 0.1) is 23.9 Å². The van der Waals surface area contributed by atoms with Crippen LogP contribution in [0.25, 0.3) is 0 Å². The van der Waals surface area contributed by atoms with Crippen LogP contribution in [0.1, 0.15) is 109 Å². The first-order valence-electron chi connectivity index (χ1n) is 13.2. The number of hydrogen-bond donors (Lipinski definition) is 2. The molecule has 0 unspecified atom stereocenters. The summed E-state index contributed by atoms with van der Waals surface area (Å²) in [6, 6.07) is 0.243. The van der Waals surface area contributed by atoms with E-state index in [1.54, 1.807) is 0 Å². The Kier molecular flexibility index (Phi) is 4.85. The molecule has 1 heterocycles. The molecule has 5 saturated carbocycles. The fourth-order valence-electron chi connectivity index (χ4n) is 9.51. The molecule has 31 heavy (non-hydrogen) atoms. The highest BCUT2D eigenvalue weighted by atomic mass is 16.3. The zero-order chi connectivity index (χ0) is 21.4. The summed E-state index contributed by atoms with van der Waals surface area (Å²) in [5, 5.41) is 31.0.